The van der Waals surface area contributed by atoms with Gasteiger partial charge in [0.1, 0.15) is 11.5 Å². The van der Waals surface area contributed by atoms with E-state index in [2.05, 4.69) is 25.7 Å². The van der Waals surface area contributed by atoms with Crippen LogP contribution in [0.3, 0.4) is 0 Å². The van der Waals surface area contributed by atoms with Gasteiger partial charge in [-0.2, -0.15) is 5.10 Å². The Kier molecular flexibility index (Phi) is 4.78. The van der Waals surface area contributed by atoms with Gasteiger partial charge in [0, 0.05) is 6.54 Å². The van der Waals surface area contributed by atoms with Crippen molar-refractivity contribution in [1.29, 1.82) is 0 Å². The van der Waals surface area contributed by atoms with E-state index in [1.807, 2.05) is 38.1 Å². The second-order valence-electron chi connectivity index (χ2n) is 5.65. The van der Waals surface area contributed by atoms with Crippen LogP contribution in [-0.4, -0.2) is 38.1 Å². The van der Waals surface area contributed by atoms with Crippen LogP contribution in [0.25, 0.3) is 11.0 Å². The number of H-pyrrole nitrogens is 1. The molecule has 0 saturated heterocycles. The van der Waals surface area contributed by atoms with Crippen LogP contribution in [0.1, 0.15) is 28.9 Å². The third-order valence-corrected chi connectivity index (χ3v) is 3.74. The monoisotopic (exact) mass is 340 g/mol. The Morgan fingerprint density at radius 2 is 2.04 bits per heavy atom. The zero-order valence-electron chi connectivity index (χ0n) is 14.2. The zero-order chi connectivity index (χ0) is 17.8. The molecule has 0 aliphatic rings. The molecule has 0 saturated carbocycles. The van der Waals surface area contributed by atoms with Crippen LogP contribution in [0.5, 0.6) is 0 Å². The first-order chi connectivity index (χ1) is 12.1. The molecule has 3 aromatic rings. The van der Waals surface area contributed by atoms with Gasteiger partial charge in [-0.3, -0.25) is 14.3 Å². The maximum absolute atomic E-state index is 12.2. The number of fused-ring (bicyclic) bond motifs is 1. The van der Waals surface area contributed by atoms with Gasteiger partial charge >= 0.3 is 0 Å². The number of benzene rings is 1. The van der Waals surface area contributed by atoms with Gasteiger partial charge < -0.3 is 15.6 Å². The van der Waals surface area contributed by atoms with E-state index < -0.39 is 0 Å². The summed E-state index contributed by atoms with van der Waals surface area (Å²) in [6.07, 6.45) is 0. The molecular formula is C17H20N6O2. The van der Waals surface area contributed by atoms with Gasteiger partial charge in [0.15, 0.2) is 0 Å². The number of nitrogens with zero attached hydrogens (tertiary/aromatic N) is 3. The van der Waals surface area contributed by atoms with Gasteiger partial charge in [-0.1, -0.05) is 12.1 Å². The largest absolute Gasteiger partial charge is 0.347 e. The number of aromatic amines is 1. The Morgan fingerprint density at radius 1 is 1.24 bits per heavy atom. The van der Waals surface area contributed by atoms with Crippen LogP contribution in [0, 0.1) is 6.92 Å². The quantitative estimate of drug-likeness (QED) is 0.626. The van der Waals surface area contributed by atoms with Crippen molar-refractivity contribution in [2.24, 2.45) is 0 Å². The van der Waals surface area contributed by atoms with E-state index in [1.54, 1.807) is 10.7 Å². The molecule has 0 bridgehead atoms. The Labute approximate surface area is 144 Å². The fourth-order valence-electron chi connectivity index (χ4n) is 2.55. The number of carbonyl (C=O) groups is 2. The summed E-state index contributed by atoms with van der Waals surface area (Å²) in [5.41, 5.74) is 2.98. The fourth-order valence-corrected chi connectivity index (χ4v) is 2.55. The summed E-state index contributed by atoms with van der Waals surface area (Å²) in [6.45, 7) is 4.49. The predicted octanol–water partition coefficient (Wildman–Crippen LogP) is 1.13. The minimum atomic E-state index is -0.318. The molecule has 0 radical (unpaired) electrons. The summed E-state index contributed by atoms with van der Waals surface area (Å²) in [5, 5.41) is 9.55. The number of aromatic nitrogens is 4. The van der Waals surface area contributed by atoms with Crippen molar-refractivity contribution in [1.82, 2.24) is 30.4 Å². The number of rotatable bonds is 6. The van der Waals surface area contributed by atoms with Crippen molar-refractivity contribution in [3.8, 4) is 0 Å². The summed E-state index contributed by atoms with van der Waals surface area (Å²) < 4.78 is 1.61. The first-order valence-electron chi connectivity index (χ1n) is 8.09. The summed E-state index contributed by atoms with van der Waals surface area (Å²) in [7, 11) is 0. The molecule has 0 aliphatic heterocycles. The molecule has 1 aromatic carbocycles. The third kappa shape index (κ3) is 3.85. The molecule has 2 heterocycles. The number of carbonyl (C=O) groups excluding carboxylic acids is 2. The third-order valence-electron chi connectivity index (χ3n) is 3.74. The molecule has 8 heteroatoms. The van der Waals surface area contributed by atoms with Crippen LogP contribution in [-0.2, 0) is 17.9 Å². The predicted molar refractivity (Wildman–Crippen MR) is 92.9 cm³/mol. The van der Waals surface area contributed by atoms with Crippen LogP contribution in [0.15, 0.2) is 30.3 Å². The highest BCUT2D eigenvalue weighted by Crippen LogP contribution is 2.09. The van der Waals surface area contributed by atoms with E-state index in [-0.39, 0.29) is 24.9 Å². The first kappa shape index (κ1) is 16.7. The van der Waals surface area contributed by atoms with Gasteiger partial charge in [-0.05, 0) is 32.0 Å². The van der Waals surface area contributed by atoms with Crippen LogP contribution in [0.2, 0.25) is 0 Å². The molecule has 3 rings (SSSR count). The number of hydrogen-bond acceptors (Lipinski definition) is 4. The molecule has 0 aliphatic carbocycles. The molecular weight excluding hydrogens is 320 g/mol. The average Bonchev–Trinajstić information content (AvgIpc) is 3.20. The number of hydrogen-bond donors (Lipinski definition) is 3. The lowest BCUT2D eigenvalue weighted by Gasteiger charge is -2.07. The highest BCUT2D eigenvalue weighted by atomic mass is 16.2. The van der Waals surface area contributed by atoms with Crippen molar-refractivity contribution in [3.05, 3.63) is 47.5 Å². The van der Waals surface area contributed by atoms with Crippen LogP contribution < -0.4 is 10.6 Å². The molecule has 130 valence electrons. The van der Waals surface area contributed by atoms with E-state index in [1.165, 1.54) is 0 Å². The Balaban J connectivity index is 1.51. The lowest BCUT2D eigenvalue weighted by atomic mass is 10.3. The smallest absolute Gasteiger partial charge is 0.269 e. The molecule has 2 amide bonds. The van der Waals surface area contributed by atoms with E-state index >= 15 is 0 Å². The molecule has 8 nitrogen and oxygen atoms in total. The zero-order valence-corrected chi connectivity index (χ0v) is 14.2. The molecule has 0 fully saturated rings. The number of nitrogens with one attached hydrogen (secondary N) is 3. The maximum atomic E-state index is 12.2. The molecule has 0 unspecified atom stereocenters. The Hall–Kier alpha value is -3.16. The number of imidazole rings is 1. The van der Waals surface area contributed by atoms with Crippen molar-refractivity contribution < 1.29 is 9.59 Å². The number of amides is 2. The summed E-state index contributed by atoms with van der Waals surface area (Å²) in [5.74, 6) is 0.0648. The van der Waals surface area contributed by atoms with Gasteiger partial charge in [-0.15, -0.1) is 0 Å². The minimum absolute atomic E-state index is 0.104. The Morgan fingerprint density at radius 3 is 2.80 bits per heavy atom. The van der Waals surface area contributed by atoms with E-state index in [0.717, 1.165) is 16.7 Å². The van der Waals surface area contributed by atoms with Crippen molar-refractivity contribution in [2.45, 2.75) is 26.9 Å². The topological polar surface area (TPSA) is 105 Å². The molecule has 2 aromatic heterocycles. The van der Waals surface area contributed by atoms with Crippen LogP contribution in [0.4, 0.5) is 0 Å². The number of aryl methyl sites for hydroxylation is 2. The highest BCUT2D eigenvalue weighted by molar-refractivity contribution is 5.95. The number of para-hydroxylation sites is 2. The molecule has 0 spiro atoms. The highest BCUT2D eigenvalue weighted by Gasteiger charge is 2.14. The minimum Gasteiger partial charge on any atom is -0.347 e. The van der Waals surface area contributed by atoms with E-state index in [4.69, 9.17) is 0 Å². The summed E-state index contributed by atoms with van der Waals surface area (Å²) in [4.78, 5) is 31.6. The first-order valence-corrected chi connectivity index (χ1v) is 8.09. The van der Waals surface area contributed by atoms with Crippen molar-refractivity contribution in [3.63, 3.8) is 0 Å². The lowest BCUT2D eigenvalue weighted by molar-refractivity contribution is -0.120. The van der Waals surface area contributed by atoms with Gasteiger partial charge in [-0.25, -0.2) is 4.98 Å². The van der Waals surface area contributed by atoms with Crippen LogP contribution >= 0.6 is 0 Å². The molecule has 25 heavy (non-hydrogen) atoms. The van der Waals surface area contributed by atoms with E-state index in [0.29, 0.717) is 18.1 Å². The molecule has 0 atom stereocenters. The SMILES string of the molecule is CCn1nc(C)cc1C(=O)NCC(=O)NCc1nc2ccccc2[nH]1. The maximum Gasteiger partial charge on any atom is 0.269 e. The normalized spacial score (nSPS) is 10.8. The second kappa shape index (κ2) is 7.16. The summed E-state index contributed by atoms with van der Waals surface area (Å²) in [6, 6.07) is 9.35. The van der Waals surface area contributed by atoms with Gasteiger partial charge in [0.2, 0.25) is 5.91 Å². The molecule has 3 N–H and O–H groups in total. The summed E-state index contributed by atoms with van der Waals surface area (Å²) >= 11 is 0. The average molecular weight is 340 g/mol. The lowest BCUT2D eigenvalue weighted by Crippen LogP contribution is -2.37. The fraction of sp³-hybridized carbons (Fsp3) is 0.294. The van der Waals surface area contributed by atoms with E-state index in [9.17, 15) is 9.59 Å². The standard InChI is InChI=1S/C17H20N6O2/c1-3-23-14(8-11(2)22-23)17(25)19-10-16(24)18-9-15-20-12-6-4-5-7-13(12)21-15/h4-8H,3,9-10H2,1-2H3,(H,18,24)(H,19,25)(H,20,21). The van der Waals surface area contributed by atoms with Crippen molar-refractivity contribution >= 4 is 22.8 Å². The van der Waals surface area contributed by atoms with Gasteiger partial charge in [0.05, 0.1) is 29.8 Å². The Bertz CT molecular complexity index is 878. The second-order valence-corrected chi connectivity index (χ2v) is 5.65. The van der Waals surface area contributed by atoms with Gasteiger partial charge in [0.25, 0.3) is 5.91 Å². The van der Waals surface area contributed by atoms with Crippen molar-refractivity contribution in [2.75, 3.05) is 6.54 Å².